The van der Waals surface area contributed by atoms with Crippen LogP contribution in [0.15, 0.2) is 22.7 Å². The van der Waals surface area contributed by atoms with Crippen LogP contribution in [0.5, 0.6) is 0 Å². The molecule has 0 spiro atoms. The second-order valence-corrected chi connectivity index (χ2v) is 6.48. The average Bonchev–Trinajstić information content (AvgIpc) is 2.41. The molecule has 1 fully saturated rings. The zero-order valence-electron chi connectivity index (χ0n) is 10.7. The molecule has 2 rings (SSSR count). The molecular weight excluding hydrogens is 333 g/mol. The Kier molecular flexibility index (Phi) is 4.85. The number of piperidine rings is 1. The summed E-state index contributed by atoms with van der Waals surface area (Å²) < 4.78 is 13.5. The van der Waals surface area contributed by atoms with E-state index in [1.54, 1.807) is 0 Å². The number of hydrogen-bond donors (Lipinski definition) is 0. The molecule has 1 aromatic carbocycles. The molecule has 5 heteroatoms. The Bertz CT molecular complexity index is 473. The molecule has 1 amide bonds. The van der Waals surface area contributed by atoms with Gasteiger partial charge in [-0.3, -0.25) is 4.79 Å². The standard InChI is InChI=1S/C14H16BrClFNO/c1-9(16)10-4-6-18(7-5-10)14(19)11-2-3-13(17)12(15)8-11/h2-3,8-10H,4-7H2,1H3. The van der Waals surface area contributed by atoms with Gasteiger partial charge in [-0.2, -0.15) is 0 Å². The minimum absolute atomic E-state index is 0.0404. The van der Waals surface area contributed by atoms with Crippen molar-refractivity contribution in [1.82, 2.24) is 4.90 Å². The van der Waals surface area contributed by atoms with Crippen LogP contribution >= 0.6 is 27.5 Å². The van der Waals surface area contributed by atoms with Crippen LogP contribution in [0.3, 0.4) is 0 Å². The van der Waals surface area contributed by atoms with Crippen LogP contribution in [0.4, 0.5) is 4.39 Å². The molecule has 0 radical (unpaired) electrons. The van der Waals surface area contributed by atoms with E-state index in [4.69, 9.17) is 11.6 Å². The smallest absolute Gasteiger partial charge is 0.253 e. The molecule has 2 nitrogen and oxygen atoms in total. The molecule has 19 heavy (non-hydrogen) atoms. The van der Waals surface area contributed by atoms with Crippen molar-refractivity contribution in [2.75, 3.05) is 13.1 Å². The van der Waals surface area contributed by atoms with Gasteiger partial charge in [0.2, 0.25) is 0 Å². The first kappa shape index (κ1) is 14.8. The summed E-state index contributed by atoms with van der Waals surface area (Å²) in [6, 6.07) is 4.37. The van der Waals surface area contributed by atoms with Crippen LogP contribution in [0.1, 0.15) is 30.1 Å². The molecule has 0 bridgehead atoms. The number of carbonyl (C=O) groups excluding carboxylic acids is 1. The lowest BCUT2D eigenvalue weighted by Gasteiger charge is -2.33. The third-order valence-corrected chi connectivity index (χ3v) is 4.61. The van der Waals surface area contributed by atoms with Gasteiger partial charge in [-0.25, -0.2) is 4.39 Å². The number of hydrogen-bond acceptors (Lipinski definition) is 1. The number of likely N-dealkylation sites (tertiary alicyclic amines) is 1. The molecule has 1 unspecified atom stereocenters. The zero-order chi connectivity index (χ0) is 14.0. The molecule has 1 aromatic rings. The highest BCUT2D eigenvalue weighted by Gasteiger charge is 2.26. The van der Waals surface area contributed by atoms with E-state index >= 15 is 0 Å². The molecule has 1 atom stereocenters. The summed E-state index contributed by atoms with van der Waals surface area (Å²) in [5, 5.41) is 0.150. The number of rotatable bonds is 2. The number of halogens is 3. The van der Waals surface area contributed by atoms with Crippen LogP contribution < -0.4 is 0 Å². The fraction of sp³-hybridized carbons (Fsp3) is 0.500. The maximum Gasteiger partial charge on any atom is 0.253 e. The van der Waals surface area contributed by atoms with Gasteiger partial charge < -0.3 is 4.90 Å². The van der Waals surface area contributed by atoms with E-state index in [1.807, 2.05) is 11.8 Å². The third kappa shape index (κ3) is 3.48. The van der Waals surface area contributed by atoms with Crippen LogP contribution in [0.2, 0.25) is 0 Å². The predicted molar refractivity (Wildman–Crippen MR) is 78.0 cm³/mol. The third-order valence-electron chi connectivity index (χ3n) is 3.64. The van der Waals surface area contributed by atoms with Gasteiger partial charge in [-0.15, -0.1) is 11.6 Å². The van der Waals surface area contributed by atoms with E-state index in [9.17, 15) is 9.18 Å². The summed E-state index contributed by atoms with van der Waals surface area (Å²) in [5.41, 5.74) is 0.519. The van der Waals surface area contributed by atoms with E-state index in [1.165, 1.54) is 18.2 Å². The maximum absolute atomic E-state index is 13.2. The largest absolute Gasteiger partial charge is 0.339 e. The Labute approximate surface area is 126 Å². The minimum Gasteiger partial charge on any atom is -0.339 e. The fourth-order valence-corrected chi connectivity index (χ4v) is 3.00. The molecule has 0 saturated carbocycles. The Morgan fingerprint density at radius 1 is 1.47 bits per heavy atom. The maximum atomic E-state index is 13.2. The summed E-state index contributed by atoms with van der Waals surface area (Å²) in [6.07, 6.45) is 1.86. The van der Waals surface area contributed by atoms with Crippen LogP contribution in [-0.4, -0.2) is 29.3 Å². The molecule has 0 aliphatic carbocycles. The first-order valence-corrected chi connectivity index (χ1v) is 7.60. The zero-order valence-corrected chi connectivity index (χ0v) is 13.0. The number of benzene rings is 1. The van der Waals surface area contributed by atoms with E-state index in [2.05, 4.69) is 15.9 Å². The number of alkyl halides is 1. The Morgan fingerprint density at radius 2 is 2.11 bits per heavy atom. The van der Waals surface area contributed by atoms with E-state index in [0.29, 0.717) is 16.0 Å². The summed E-state index contributed by atoms with van der Waals surface area (Å²) in [5.74, 6) is 0.0817. The van der Waals surface area contributed by atoms with Crippen molar-refractivity contribution in [2.45, 2.75) is 25.1 Å². The highest BCUT2D eigenvalue weighted by Crippen LogP contribution is 2.25. The molecule has 1 heterocycles. The Balaban J connectivity index is 2.03. The van der Waals surface area contributed by atoms with Crippen LogP contribution in [0.25, 0.3) is 0 Å². The number of carbonyl (C=O) groups is 1. The lowest BCUT2D eigenvalue weighted by atomic mass is 9.93. The summed E-state index contributed by atoms with van der Waals surface area (Å²) in [7, 11) is 0. The van der Waals surface area contributed by atoms with Gasteiger partial charge in [0.1, 0.15) is 5.82 Å². The predicted octanol–water partition coefficient (Wildman–Crippen LogP) is 4.07. The van der Waals surface area contributed by atoms with Crippen molar-refractivity contribution in [3.8, 4) is 0 Å². The van der Waals surface area contributed by atoms with E-state index in [0.717, 1.165) is 25.9 Å². The first-order chi connectivity index (χ1) is 8.99. The van der Waals surface area contributed by atoms with Crippen molar-refractivity contribution >= 4 is 33.4 Å². The number of amides is 1. The van der Waals surface area contributed by atoms with Crippen molar-refractivity contribution in [2.24, 2.45) is 5.92 Å². The fourth-order valence-electron chi connectivity index (χ4n) is 2.37. The second-order valence-electron chi connectivity index (χ2n) is 4.94. The summed E-state index contributed by atoms with van der Waals surface area (Å²) in [6.45, 7) is 3.44. The lowest BCUT2D eigenvalue weighted by molar-refractivity contribution is 0.0690. The van der Waals surface area contributed by atoms with Crippen molar-refractivity contribution in [3.05, 3.63) is 34.1 Å². The highest BCUT2D eigenvalue weighted by molar-refractivity contribution is 9.10. The van der Waals surface area contributed by atoms with E-state index in [-0.39, 0.29) is 17.1 Å². The molecule has 1 aliphatic heterocycles. The van der Waals surface area contributed by atoms with Gasteiger partial charge in [0.05, 0.1) is 4.47 Å². The van der Waals surface area contributed by atoms with Gasteiger partial charge in [0.15, 0.2) is 0 Å². The van der Waals surface area contributed by atoms with Crippen molar-refractivity contribution in [3.63, 3.8) is 0 Å². The molecule has 0 N–H and O–H groups in total. The quantitative estimate of drug-likeness (QED) is 0.738. The highest BCUT2D eigenvalue weighted by atomic mass is 79.9. The minimum atomic E-state index is -0.355. The Hall–Kier alpha value is -0.610. The van der Waals surface area contributed by atoms with Crippen molar-refractivity contribution < 1.29 is 9.18 Å². The Morgan fingerprint density at radius 3 is 2.63 bits per heavy atom. The second kappa shape index (κ2) is 6.23. The SMILES string of the molecule is CC(Cl)C1CCN(C(=O)c2ccc(F)c(Br)c2)CC1. The van der Waals surface area contributed by atoms with Gasteiger partial charge >= 0.3 is 0 Å². The first-order valence-electron chi connectivity index (χ1n) is 6.37. The van der Waals surface area contributed by atoms with Crippen LogP contribution in [-0.2, 0) is 0 Å². The number of nitrogens with zero attached hydrogens (tertiary/aromatic N) is 1. The van der Waals surface area contributed by atoms with Gasteiger partial charge in [0.25, 0.3) is 5.91 Å². The topological polar surface area (TPSA) is 20.3 Å². The van der Waals surface area contributed by atoms with Crippen LogP contribution in [0, 0.1) is 11.7 Å². The van der Waals surface area contributed by atoms with Crippen molar-refractivity contribution in [1.29, 1.82) is 0 Å². The molecule has 0 aromatic heterocycles. The molecule has 1 saturated heterocycles. The molecular formula is C14H16BrClFNO. The van der Waals surface area contributed by atoms with Gasteiger partial charge in [0, 0.05) is 24.0 Å². The molecule has 104 valence electrons. The van der Waals surface area contributed by atoms with E-state index < -0.39 is 0 Å². The summed E-state index contributed by atoms with van der Waals surface area (Å²) >= 11 is 9.19. The average molecular weight is 349 g/mol. The monoisotopic (exact) mass is 347 g/mol. The van der Waals surface area contributed by atoms with Gasteiger partial charge in [-0.05, 0) is 59.8 Å². The lowest BCUT2D eigenvalue weighted by Crippen LogP contribution is -2.40. The van der Waals surface area contributed by atoms with Gasteiger partial charge in [-0.1, -0.05) is 0 Å². The normalized spacial score (nSPS) is 18.4. The summed E-state index contributed by atoms with van der Waals surface area (Å²) in [4.78, 5) is 14.1. The molecule has 1 aliphatic rings.